The number of carbonyl (C=O) groups excluding carboxylic acids is 1. The van der Waals surface area contributed by atoms with Crippen molar-refractivity contribution in [1.82, 2.24) is 0 Å². The second-order valence-electron chi connectivity index (χ2n) is 5.92. The van der Waals surface area contributed by atoms with E-state index in [0.29, 0.717) is 12.5 Å². The van der Waals surface area contributed by atoms with Crippen LogP contribution < -0.4 is 4.74 Å². The zero-order valence-electron chi connectivity index (χ0n) is 14.6. The lowest BCUT2D eigenvalue weighted by Gasteiger charge is -2.20. The molecule has 0 aliphatic carbocycles. The maximum atomic E-state index is 12.0. The van der Waals surface area contributed by atoms with Crippen LogP contribution >= 0.6 is 0 Å². The Labute approximate surface area is 135 Å². The van der Waals surface area contributed by atoms with Crippen LogP contribution in [-0.4, -0.2) is 18.7 Å². The Balaban J connectivity index is 2.57. The molecule has 0 saturated carbocycles. The van der Waals surface area contributed by atoms with E-state index in [1.807, 2.05) is 39.0 Å². The van der Waals surface area contributed by atoms with Gasteiger partial charge in [0.05, 0.1) is 5.92 Å². The van der Waals surface area contributed by atoms with Crippen LogP contribution in [0.1, 0.15) is 65.4 Å². The van der Waals surface area contributed by atoms with Gasteiger partial charge in [0, 0.05) is 0 Å². The van der Waals surface area contributed by atoms with Crippen molar-refractivity contribution in [2.75, 3.05) is 6.61 Å². The van der Waals surface area contributed by atoms with E-state index in [1.165, 1.54) is 5.56 Å². The van der Waals surface area contributed by atoms with Gasteiger partial charge < -0.3 is 9.47 Å². The molecule has 1 aromatic rings. The molecule has 0 aliphatic heterocycles. The van der Waals surface area contributed by atoms with Gasteiger partial charge in [-0.15, -0.1) is 0 Å². The first-order valence-electron chi connectivity index (χ1n) is 8.45. The SMILES string of the molecule is CCC(CC)C(=O)O[C@H](C)COc1ccccc1[C@H](C)CC. The average Bonchev–Trinajstić information content (AvgIpc) is 2.53. The molecule has 0 fully saturated rings. The van der Waals surface area contributed by atoms with Crippen molar-refractivity contribution in [2.24, 2.45) is 5.92 Å². The Hall–Kier alpha value is -1.51. The number of carbonyl (C=O) groups is 1. The van der Waals surface area contributed by atoms with Crippen molar-refractivity contribution in [2.45, 2.75) is 65.9 Å². The lowest BCUT2D eigenvalue weighted by atomic mass is 9.98. The minimum atomic E-state index is -0.238. The lowest BCUT2D eigenvalue weighted by Crippen LogP contribution is -2.26. The fourth-order valence-corrected chi connectivity index (χ4v) is 2.40. The number of hydrogen-bond donors (Lipinski definition) is 0. The molecule has 3 nitrogen and oxygen atoms in total. The molecule has 124 valence electrons. The van der Waals surface area contributed by atoms with Gasteiger partial charge in [-0.05, 0) is 43.7 Å². The zero-order chi connectivity index (χ0) is 16.5. The molecule has 0 unspecified atom stereocenters. The summed E-state index contributed by atoms with van der Waals surface area (Å²) in [5.41, 5.74) is 1.21. The van der Waals surface area contributed by atoms with Crippen molar-refractivity contribution in [1.29, 1.82) is 0 Å². The standard InChI is InChI=1S/C19H30O3/c1-6-14(4)17-11-9-10-12-18(17)21-13-15(5)22-19(20)16(7-2)8-3/h9-12,14-16H,6-8,13H2,1-5H3/t14-,15-/m1/s1. The normalized spacial score (nSPS) is 13.7. The Bertz CT molecular complexity index is 452. The Morgan fingerprint density at radius 2 is 1.68 bits per heavy atom. The second kappa shape index (κ2) is 9.50. The van der Waals surface area contributed by atoms with Crippen molar-refractivity contribution in [3.05, 3.63) is 29.8 Å². The molecule has 0 radical (unpaired) electrons. The van der Waals surface area contributed by atoms with Crippen LogP contribution in [0.5, 0.6) is 5.75 Å². The second-order valence-corrected chi connectivity index (χ2v) is 5.92. The molecular weight excluding hydrogens is 276 g/mol. The highest BCUT2D eigenvalue weighted by Gasteiger charge is 2.19. The molecule has 2 atom stereocenters. The van der Waals surface area contributed by atoms with Crippen molar-refractivity contribution in [3.63, 3.8) is 0 Å². The smallest absolute Gasteiger partial charge is 0.309 e. The molecule has 0 heterocycles. The number of benzene rings is 1. The molecule has 0 N–H and O–H groups in total. The van der Waals surface area contributed by atoms with E-state index in [-0.39, 0.29) is 18.0 Å². The molecule has 0 bridgehead atoms. The van der Waals surface area contributed by atoms with Gasteiger partial charge >= 0.3 is 5.97 Å². The van der Waals surface area contributed by atoms with Crippen LogP contribution in [0.3, 0.4) is 0 Å². The number of ether oxygens (including phenoxy) is 2. The van der Waals surface area contributed by atoms with E-state index < -0.39 is 0 Å². The van der Waals surface area contributed by atoms with Crippen LogP contribution in [0, 0.1) is 5.92 Å². The summed E-state index contributed by atoms with van der Waals surface area (Å²) in [5, 5.41) is 0. The predicted molar refractivity (Wildman–Crippen MR) is 90.3 cm³/mol. The summed E-state index contributed by atoms with van der Waals surface area (Å²) in [6, 6.07) is 8.09. The summed E-state index contributed by atoms with van der Waals surface area (Å²) in [4.78, 5) is 12.0. The minimum absolute atomic E-state index is 0.00477. The highest BCUT2D eigenvalue weighted by molar-refractivity contribution is 5.72. The van der Waals surface area contributed by atoms with Gasteiger partial charge in [0.15, 0.2) is 0 Å². The van der Waals surface area contributed by atoms with Gasteiger partial charge in [0.1, 0.15) is 18.5 Å². The number of para-hydroxylation sites is 1. The largest absolute Gasteiger partial charge is 0.489 e. The molecule has 0 aliphatic rings. The van der Waals surface area contributed by atoms with E-state index in [9.17, 15) is 4.79 Å². The van der Waals surface area contributed by atoms with Gasteiger partial charge in [0.2, 0.25) is 0 Å². The van der Waals surface area contributed by atoms with Gasteiger partial charge in [-0.1, -0.05) is 45.9 Å². The Morgan fingerprint density at radius 3 is 2.27 bits per heavy atom. The van der Waals surface area contributed by atoms with Crippen molar-refractivity contribution in [3.8, 4) is 5.75 Å². The Morgan fingerprint density at radius 1 is 1.05 bits per heavy atom. The third-order valence-corrected chi connectivity index (χ3v) is 4.17. The van der Waals surface area contributed by atoms with Crippen LogP contribution in [0.25, 0.3) is 0 Å². The first-order valence-corrected chi connectivity index (χ1v) is 8.45. The van der Waals surface area contributed by atoms with E-state index in [2.05, 4.69) is 19.9 Å². The van der Waals surface area contributed by atoms with E-state index in [1.54, 1.807) is 0 Å². The number of esters is 1. The number of rotatable bonds is 9. The third-order valence-electron chi connectivity index (χ3n) is 4.17. The van der Waals surface area contributed by atoms with Gasteiger partial charge in [-0.25, -0.2) is 0 Å². The van der Waals surface area contributed by atoms with Gasteiger partial charge in [0.25, 0.3) is 0 Å². The van der Waals surface area contributed by atoms with Crippen LogP contribution in [0.2, 0.25) is 0 Å². The molecule has 0 amide bonds. The molecular formula is C19H30O3. The summed E-state index contributed by atoms with van der Waals surface area (Å²) in [5.74, 6) is 1.23. The minimum Gasteiger partial charge on any atom is -0.489 e. The predicted octanol–water partition coefficient (Wildman–Crippen LogP) is 4.95. The summed E-state index contributed by atoms with van der Waals surface area (Å²) < 4.78 is 11.4. The molecule has 1 aromatic carbocycles. The summed E-state index contributed by atoms with van der Waals surface area (Å²) in [6.45, 7) is 10.7. The summed E-state index contributed by atoms with van der Waals surface area (Å²) in [6.07, 6.45) is 2.47. The quantitative estimate of drug-likeness (QED) is 0.606. The fourth-order valence-electron chi connectivity index (χ4n) is 2.40. The summed E-state index contributed by atoms with van der Waals surface area (Å²) in [7, 11) is 0. The van der Waals surface area contributed by atoms with Crippen LogP contribution in [0.15, 0.2) is 24.3 Å². The average molecular weight is 306 g/mol. The third kappa shape index (κ3) is 5.36. The fraction of sp³-hybridized carbons (Fsp3) is 0.632. The zero-order valence-corrected chi connectivity index (χ0v) is 14.6. The molecule has 3 heteroatoms. The topological polar surface area (TPSA) is 35.5 Å². The molecule has 22 heavy (non-hydrogen) atoms. The maximum Gasteiger partial charge on any atom is 0.309 e. The molecule has 1 rings (SSSR count). The van der Waals surface area contributed by atoms with E-state index in [0.717, 1.165) is 25.0 Å². The van der Waals surface area contributed by atoms with Crippen LogP contribution in [-0.2, 0) is 9.53 Å². The number of hydrogen-bond acceptors (Lipinski definition) is 3. The van der Waals surface area contributed by atoms with Crippen molar-refractivity contribution >= 4 is 5.97 Å². The highest BCUT2D eigenvalue weighted by Crippen LogP contribution is 2.28. The summed E-state index contributed by atoms with van der Waals surface area (Å²) >= 11 is 0. The van der Waals surface area contributed by atoms with Crippen molar-refractivity contribution < 1.29 is 14.3 Å². The first-order chi connectivity index (χ1) is 10.5. The lowest BCUT2D eigenvalue weighted by molar-refractivity contribution is -0.154. The molecule has 0 aromatic heterocycles. The molecule has 0 spiro atoms. The maximum absolute atomic E-state index is 12.0. The first kappa shape index (κ1) is 18.5. The van der Waals surface area contributed by atoms with E-state index in [4.69, 9.17) is 9.47 Å². The van der Waals surface area contributed by atoms with E-state index >= 15 is 0 Å². The molecule has 0 saturated heterocycles. The van der Waals surface area contributed by atoms with Gasteiger partial charge in [-0.3, -0.25) is 4.79 Å². The van der Waals surface area contributed by atoms with Crippen LogP contribution in [0.4, 0.5) is 0 Å². The highest BCUT2D eigenvalue weighted by atomic mass is 16.6. The van der Waals surface area contributed by atoms with Gasteiger partial charge in [-0.2, -0.15) is 0 Å². The Kier molecular flexibility index (Phi) is 8.00. The monoisotopic (exact) mass is 306 g/mol.